The molecule has 1 amide bonds. The van der Waals surface area contributed by atoms with E-state index in [1.165, 1.54) is 0 Å². The fraction of sp³-hybridized carbons (Fsp3) is 0.909. The molecular formula is C11H23N3O. The minimum absolute atomic E-state index is 0.149. The van der Waals surface area contributed by atoms with Crippen LogP contribution in [0.4, 0.5) is 0 Å². The van der Waals surface area contributed by atoms with Crippen molar-refractivity contribution >= 4 is 5.91 Å². The third-order valence-corrected chi connectivity index (χ3v) is 2.84. The first-order valence-electron chi connectivity index (χ1n) is 5.87. The zero-order valence-electron chi connectivity index (χ0n) is 9.83. The SMILES string of the molecule is CCCN(C)C(CN)CC(=O)NC1CC1. The summed E-state index contributed by atoms with van der Waals surface area (Å²) in [6.07, 6.45) is 3.91. The predicted molar refractivity (Wildman–Crippen MR) is 61.5 cm³/mol. The molecule has 0 aromatic heterocycles. The third kappa shape index (κ3) is 4.62. The molecule has 1 atom stereocenters. The summed E-state index contributed by atoms with van der Waals surface area (Å²) >= 11 is 0. The zero-order chi connectivity index (χ0) is 11.3. The number of rotatable bonds is 7. The molecule has 1 saturated carbocycles. The molecule has 1 fully saturated rings. The van der Waals surface area contributed by atoms with Gasteiger partial charge in [0.05, 0.1) is 0 Å². The average Bonchev–Trinajstić information content (AvgIpc) is 2.98. The molecule has 1 aliphatic carbocycles. The van der Waals surface area contributed by atoms with Crippen molar-refractivity contribution < 1.29 is 4.79 Å². The monoisotopic (exact) mass is 213 g/mol. The van der Waals surface area contributed by atoms with Gasteiger partial charge in [-0.15, -0.1) is 0 Å². The van der Waals surface area contributed by atoms with Crippen molar-refractivity contribution in [3.63, 3.8) is 0 Å². The number of nitrogens with zero attached hydrogens (tertiary/aromatic N) is 1. The largest absolute Gasteiger partial charge is 0.353 e. The lowest BCUT2D eigenvalue weighted by Gasteiger charge is -2.25. The Labute approximate surface area is 92.2 Å². The molecular weight excluding hydrogens is 190 g/mol. The van der Waals surface area contributed by atoms with Crippen molar-refractivity contribution in [3.8, 4) is 0 Å². The number of carbonyl (C=O) groups is 1. The van der Waals surface area contributed by atoms with Gasteiger partial charge < -0.3 is 16.0 Å². The van der Waals surface area contributed by atoms with Crippen molar-refractivity contribution in [1.82, 2.24) is 10.2 Å². The second-order valence-electron chi connectivity index (χ2n) is 4.42. The number of nitrogens with two attached hydrogens (primary N) is 1. The van der Waals surface area contributed by atoms with E-state index in [2.05, 4.69) is 17.1 Å². The van der Waals surface area contributed by atoms with Crippen LogP contribution in [0.2, 0.25) is 0 Å². The first-order valence-corrected chi connectivity index (χ1v) is 5.87. The fourth-order valence-corrected chi connectivity index (χ4v) is 1.68. The van der Waals surface area contributed by atoms with Crippen LogP contribution in [-0.2, 0) is 4.79 Å². The van der Waals surface area contributed by atoms with Gasteiger partial charge in [0, 0.05) is 25.0 Å². The van der Waals surface area contributed by atoms with Crippen molar-refractivity contribution in [2.75, 3.05) is 20.1 Å². The Bertz CT molecular complexity index is 204. The molecule has 0 aromatic carbocycles. The molecule has 4 nitrogen and oxygen atoms in total. The van der Waals surface area contributed by atoms with Crippen LogP contribution in [0.15, 0.2) is 0 Å². The maximum absolute atomic E-state index is 11.6. The lowest BCUT2D eigenvalue weighted by Crippen LogP contribution is -2.42. The maximum Gasteiger partial charge on any atom is 0.221 e. The summed E-state index contributed by atoms with van der Waals surface area (Å²) in [7, 11) is 2.03. The topological polar surface area (TPSA) is 58.4 Å². The van der Waals surface area contributed by atoms with Crippen LogP contribution in [0.5, 0.6) is 0 Å². The van der Waals surface area contributed by atoms with E-state index in [0.29, 0.717) is 19.0 Å². The summed E-state index contributed by atoms with van der Waals surface area (Å²) in [5.41, 5.74) is 5.68. The van der Waals surface area contributed by atoms with Gasteiger partial charge >= 0.3 is 0 Å². The molecule has 1 unspecified atom stereocenters. The second-order valence-corrected chi connectivity index (χ2v) is 4.42. The van der Waals surface area contributed by atoms with Gasteiger partial charge in [-0.2, -0.15) is 0 Å². The summed E-state index contributed by atoms with van der Waals surface area (Å²) in [5.74, 6) is 0.149. The van der Waals surface area contributed by atoms with E-state index in [0.717, 1.165) is 25.8 Å². The molecule has 0 radical (unpaired) electrons. The summed E-state index contributed by atoms with van der Waals surface area (Å²) in [4.78, 5) is 13.8. The molecule has 1 rings (SSSR count). The highest BCUT2D eigenvalue weighted by molar-refractivity contribution is 5.77. The van der Waals surface area contributed by atoms with Gasteiger partial charge in [-0.3, -0.25) is 4.79 Å². The Morgan fingerprint density at radius 2 is 2.27 bits per heavy atom. The van der Waals surface area contributed by atoms with E-state index >= 15 is 0 Å². The maximum atomic E-state index is 11.6. The fourth-order valence-electron chi connectivity index (χ4n) is 1.68. The summed E-state index contributed by atoms with van der Waals surface area (Å²) in [6, 6.07) is 0.635. The normalized spacial score (nSPS) is 17.9. The Morgan fingerprint density at radius 1 is 1.60 bits per heavy atom. The Hall–Kier alpha value is -0.610. The molecule has 0 saturated heterocycles. The molecule has 15 heavy (non-hydrogen) atoms. The van der Waals surface area contributed by atoms with Crippen molar-refractivity contribution in [3.05, 3.63) is 0 Å². The number of nitrogens with one attached hydrogen (secondary N) is 1. The molecule has 88 valence electrons. The number of likely N-dealkylation sites (N-methyl/N-ethyl adjacent to an activating group) is 1. The molecule has 0 aliphatic heterocycles. The van der Waals surface area contributed by atoms with Crippen LogP contribution in [0.3, 0.4) is 0 Å². The Kier molecular flexibility index (Phi) is 5.05. The van der Waals surface area contributed by atoms with Crippen molar-refractivity contribution in [2.45, 2.75) is 44.7 Å². The van der Waals surface area contributed by atoms with Gasteiger partial charge in [-0.25, -0.2) is 0 Å². The van der Waals surface area contributed by atoms with Gasteiger partial charge in [0.25, 0.3) is 0 Å². The first-order chi connectivity index (χ1) is 7.17. The number of amides is 1. The van der Waals surface area contributed by atoms with E-state index in [-0.39, 0.29) is 11.9 Å². The molecule has 4 heteroatoms. The van der Waals surface area contributed by atoms with Gasteiger partial charge in [-0.1, -0.05) is 6.92 Å². The highest BCUT2D eigenvalue weighted by Gasteiger charge is 2.25. The number of hydrogen-bond donors (Lipinski definition) is 2. The lowest BCUT2D eigenvalue weighted by molar-refractivity contribution is -0.122. The van der Waals surface area contributed by atoms with Crippen LogP contribution < -0.4 is 11.1 Å². The standard InChI is InChI=1S/C11H23N3O/c1-3-6-14(2)10(8-12)7-11(15)13-9-4-5-9/h9-10H,3-8,12H2,1-2H3,(H,13,15). The van der Waals surface area contributed by atoms with E-state index in [4.69, 9.17) is 5.73 Å². The van der Waals surface area contributed by atoms with Crippen LogP contribution in [0.1, 0.15) is 32.6 Å². The van der Waals surface area contributed by atoms with Crippen LogP contribution >= 0.6 is 0 Å². The minimum Gasteiger partial charge on any atom is -0.353 e. The summed E-state index contributed by atoms with van der Waals surface area (Å²) in [5, 5.41) is 2.99. The zero-order valence-corrected chi connectivity index (χ0v) is 9.83. The molecule has 3 N–H and O–H groups in total. The van der Waals surface area contributed by atoms with Gasteiger partial charge in [0.2, 0.25) is 5.91 Å². The van der Waals surface area contributed by atoms with E-state index < -0.39 is 0 Å². The third-order valence-electron chi connectivity index (χ3n) is 2.84. The highest BCUT2D eigenvalue weighted by Crippen LogP contribution is 2.18. The van der Waals surface area contributed by atoms with E-state index in [1.54, 1.807) is 0 Å². The molecule has 0 bridgehead atoms. The molecule has 0 heterocycles. The van der Waals surface area contributed by atoms with Crippen LogP contribution in [0, 0.1) is 0 Å². The molecule has 0 aromatic rings. The smallest absolute Gasteiger partial charge is 0.221 e. The number of carbonyl (C=O) groups excluding carboxylic acids is 1. The van der Waals surface area contributed by atoms with Crippen molar-refractivity contribution in [2.24, 2.45) is 5.73 Å². The van der Waals surface area contributed by atoms with E-state index in [1.807, 2.05) is 7.05 Å². The van der Waals surface area contributed by atoms with Crippen LogP contribution in [-0.4, -0.2) is 43.0 Å². The second kappa shape index (κ2) is 6.08. The predicted octanol–water partition coefficient (Wildman–Crippen LogP) is 0.324. The van der Waals surface area contributed by atoms with Crippen LogP contribution in [0.25, 0.3) is 0 Å². The Balaban J connectivity index is 2.26. The molecule has 1 aliphatic rings. The average molecular weight is 213 g/mol. The minimum atomic E-state index is 0.149. The van der Waals surface area contributed by atoms with Gasteiger partial charge in [-0.05, 0) is 32.9 Å². The van der Waals surface area contributed by atoms with E-state index in [9.17, 15) is 4.79 Å². The number of hydrogen-bond acceptors (Lipinski definition) is 3. The van der Waals surface area contributed by atoms with Gasteiger partial charge in [0.15, 0.2) is 0 Å². The highest BCUT2D eigenvalue weighted by atomic mass is 16.1. The molecule has 0 spiro atoms. The summed E-state index contributed by atoms with van der Waals surface area (Å²) < 4.78 is 0. The quantitative estimate of drug-likeness (QED) is 0.640. The lowest BCUT2D eigenvalue weighted by atomic mass is 10.1. The summed E-state index contributed by atoms with van der Waals surface area (Å²) in [6.45, 7) is 3.68. The van der Waals surface area contributed by atoms with Crippen molar-refractivity contribution in [1.29, 1.82) is 0 Å². The van der Waals surface area contributed by atoms with Gasteiger partial charge in [0.1, 0.15) is 0 Å². The first kappa shape index (κ1) is 12.5. The Morgan fingerprint density at radius 3 is 2.73 bits per heavy atom.